The molecule has 26 heavy (non-hydrogen) atoms. The number of hydrogen-bond donors (Lipinski definition) is 0. The molecule has 0 aliphatic carbocycles. The Morgan fingerprint density at radius 1 is 1.04 bits per heavy atom. The van der Waals surface area contributed by atoms with E-state index in [1.54, 1.807) is 2.89 Å². The summed E-state index contributed by atoms with van der Waals surface area (Å²) in [6.07, 6.45) is 9.15. The number of fused-ring (bicyclic) bond motifs is 1. The van der Waals surface area contributed by atoms with Gasteiger partial charge in [-0.3, -0.25) is 0 Å². The van der Waals surface area contributed by atoms with E-state index in [1.165, 1.54) is 57.4 Å². The zero-order valence-electron chi connectivity index (χ0n) is 17.7. The molecule has 2 nitrogen and oxygen atoms in total. The Hall–Kier alpha value is -0.0313. The van der Waals surface area contributed by atoms with Crippen molar-refractivity contribution in [3.63, 3.8) is 0 Å². The van der Waals surface area contributed by atoms with E-state index in [-0.39, 0.29) is 0 Å². The van der Waals surface area contributed by atoms with Crippen molar-refractivity contribution in [2.24, 2.45) is 0 Å². The Bertz CT molecular complexity index is 559. The van der Waals surface area contributed by atoms with Crippen LogP contribution in [0.4, 0.5) is 0 Å². The molecule has 0 unspecified atom stereocenters. The number of carbonyl (C=O) groups is 1. The predicted octanol–water partition coefficient (Wildman–Crippen LogP) is 6.21. The summed E-state index contributed by atoms with van der Waals surface area (Å²) in [5, 5.41) is 0. The van der Waals surface area contributed by atoms with Crippen LogP contribution in [-0.4, -0.2) is 41.8 Å². The quantitative estimate of drug-likeness (QED) is 0.342. The second-order valence-corrected chi connectivity index (χ2v) is 23.6. The molecule has 0 fully saturated rings. The molecule has 1 amide bonds. The van der Waals surface area contributed by atoms with Crippen LogP contribution in [0.1, 0.15) is 88.4 Å². The molecule has 1 aromatic rings. The van der Waals surface area contributed by atoms with Gasteiger partial charge in [0, 0.05) is 0 Å². The Labute approximate surface area is 169 Å². The van der Waals surface area contributed by atoms with Crippen LogP contribution in [0.25, 0.3) is 0 Å². The van der Waals surface area contributed by atoms with Crippen molar-refractivity contribution in [2.75, 3.05) is 6.54 Å². The standard InChI is InChI=1S/C10H12NOS.3C4H9.Sn/c1-7(2)11-5-3-8-4-6-13-9(8)10(11)12;3*1-3-4-2;/h4,7H,3,5H2,1-2H3;3*1,3-4H2,2H3;. The third-order valence-electron chi connectivity index (χ3n) is 6.06. The van der Waals surface area contributed by atoms with E-state index < -0.39 is 18.4 Å². The van der Waals surface area contributed by atoms with Crippen molar-refractivity contribution >= 4 is 38.5 Å². The molecule has 0 atom stereocenters. The van der Waals surface area contributed by atoms with Crippen molar-refractivity contribution in [3.05, 3.63) is 16.5 Å². The summed E-state index contributed by atoms with van der Waals surface area (Å²) in [6.45, 7) is 12.2. The molecule has 4 heteroatoms. The molecule has 0 radical (unpaired) electrons. The Morgan fingerprint density at radius 3 is 2.04 bits per heavy atom. The van der Waals surface area contributed by atoms with E-state index in [2.05, 4.69) is 45.6 Å². The average Bonchev–Trinajstić information content (AvgIpc) is 3.07. The van der Waals surface area contributed by atoms with E-state index in [0.29, 0.717) is 11.9 Å². The van der Waals surface area contributed by atoms with Crippen molar-refractivity contribution < 1.29 is 4.79 Å². The molecule has 148 valence electrons. The van der Waals surface area contributed by atoms with Gasteiger partial charge in [0.1, 0.15) is 0 Å². The van der Waals surface area contributed by atoms with E-state index in [0.717, 1.165) is 17.8 Å². The summed E-state index contributed by atoms with van der Waals surface area (Å²) in [4.78, 5) is 16.2. The molecule has 0 spiro atoms. The minimum absolute atomic E-state index is 0.305. The maximum absolute atomic E-state index is 13.0. The van der Waals surface area contributed by atoms with Crippen molar-refractivity contribution in [1.29, 1.82) is 0 Å². The summed E-state index contributed by atoms with van der Waals surface area (Å²) < 4.78 is 6.20. The van der Waals surface area contributed by atoms with Gasteiger partial charge in [0.25, 0.3) is 0 Å². The van der Waals surface area contributed by atoms with Gasteiger partial charge >= 0.3 is 170 Å². The maximum atomic E-state index is 13.0. The first-order valence-electron chi connectivity index (χ1n) is 10.9. The molecule has 2 rings (SSSR count). The van der Waals surface area contributed by atoms with E-state index in [1.807, 2.05) is 11.3 Å². The fourth-order valence-electron chi connectivity index (χ4n) is 4.31. The van der Waals surface area contributed by atoms with Gasteiger partial charge in [-0.25, -0.2) is 0 Å². The number of rotatable bonds is 11. The molecule has 0 aromatic carbocycles. The third kappa shape index (κ3) is 5.06. The predicted molar refractivity (Wildman–Crippen MR) is 119 cm³/mol. The molecule has 0 bridgehead atoms. The van der Waals surface area contributed by atoms with E-state index in [9.17, 15) is 4.79 Å². The van der Waals surface area contributed by atoms with Gasteiger partial charge in [-0.15, -0.1) is 0 Å². The van der Waals surface area contributed by atoms with Crippen LogP contribution in [0.15, 0.2) is 6.07 Å². The summed E-state index contributed by atoms with van der Waals surface area (Å²) in [6, 6.07) is 2.84. The fourth-order valence-corrected chi connectivity index (χ4v) is 24.7. The zero-order valence-corrected chi connectivity index (χ0v) is 21.4. The number of nitrogens with zero attached hydrogens (tertiary/aromatic N) is 1. The molecule has 0 saturated carbocycles. The van der Waals surface area contributed by atoms with Crippen molar-refractivity contribution in [2.45, 2.75) is 98.9 Å². The third-order valence-corrected chi connectivity index (χ3v) is 25.4. The number of thiophene rings is 1. The monoisotopic (exact) mass is 485 g/mol. The van der Waals surface area contributed by atoms with Crippen LogP contribution in [0.3, 0.4) is 0 Å². The summed E-state index contributed by atoms with van der Waals surface area (Å²) in [5.74, 6) is 0.305. The number of hydrogen-bond acceptors (Lipinski definition) is 2. The van der Waals surface area contributed by atoms with Crippen molar-refractivity contribution in [1.82, 2.24) is 4.90 Å². The molecular weight excluding hydrogens is 445 g/mol. The van der Waals surface area contributed by atoms with E-state index >= 15 is 0 Å². The van der Waals surface area contributed by atoms with Crippen LogP contribution in [0.2, 0.25) is 13.3 Å². The van der Waals surface area contributed by atoms with Gasteiger partial charge in [-0.1, -0.05) is 0 Å². The summed E-state index contributed by atoms with van der Waals surface area (Å²) >= 11 is -0.467. The second kappa shape index (κ2) is 10.5. The number of unbranched alkanes of at least 4 members (excludes halogenated alkanes) is 3. The average molecular weight is 484 g/mol. The Balaban J connectivity index is 2.38. The summed E-state index contributed by atoms with van der Waals surface area (Å²) in [7, 11) is 0. The fraction of sp³-hybridized carbons (Fsp3) is 0.773. The molecule has 0 N–H and O–H groups in total. The Morgan fingerprint density at radius 2 is 1.58 bits per heavy atom. The number of amides is 1. The van der Waals surface area contributed by atoms with Gasteiger partial charge in [-0.2, -0.15) is 0 Å². The number of carbonyl (C=O) groups excluding carboxylic acids is 1. The summed E-state index contributed by atoms with van der Waals surface area (Å²) in [5.41, 5.74) is 1.37. The van der Waals surface area contributed by atoms with Gasteiger partial charge in [0.2, 0.25) is 0 Å². The minimum atomic E-state index is -2.39. The van der Waals surface area contributed by atoms with Crippen LogP contribution in [-0.2, 0) is 6.42 Å². The first-order chi connectivity index (χ1) is 12.5. The normalized spacial score (nSPS) is 15.0. The van der Waals surface area contributed by atoms with E-state index in [4.69, 9.17) is 0 Å². The van der Waals surface area contributed by atoms with Crippen LogP contribution >= 0.6 is 11.3 Å². The van der Waals surface area contributed by atoms with Gasteiger partial charge < -0.3 is 0 Å². The van der Waals surface area contributed by atoms with Gasteiger partial charge in [0.05, 0.1) is 0 Å². The Kier molecular flexibility index (Phi) is 8.99. The zero-order chi connectivity index (χ0) is 19.2. The topological polar surface area (TPSA) is 20.3 Å². The van der Waals surface area contributed by atoms with Gasteiger partial charge in [-0.05, 0) is 0 Å². The molecule has 1 aliphatic heterocycles. The van der Waals surface area contributed by atoms with Crippen LogP contribution in [0.5, 0.6) is 0 Å². The molecule has 2 heterocycles. The molecule has 0 saturated heterocycles. The molecule has 1 aromatic heterocycles. The van der Waals surface area contributed by atoms with Crippen LogP contribution in [0, 0.1) is 0 Å². The second-order valence-electron chi connectivity index (χ2n) is 8.40. The van der Waals surface area contributed by atoms with Gasteiger partial charge in [0.15, 0.2) is 0 Å². The SMILES string of the molecule is CCC[CH2][Sn]([CH2]CCC)([CH2]CCC)[c]1cc2c(s1)C(=O)N(C(C)C)CC2. The first-order valence-corrected chi connectivity index (χ1v) is 19.2. The molecule has 1 aliphatic rings. The molecular formula is C22H39NOSSn. The van der Waals surface area contributed by atoms with Crippen LogP contribution < -0.4 is 2.89 Å². The van der Waals surface area contributed by atoms with Crippen molar-refractivity contribution in [3.8, 4) is 0 Å². The first kappa shape index (κ1) is 22.3.